The van der Waals surface area contributed by atoms with E-state index in [0.29, 0.717) is 0 Å². The molecule has 17 heavy (non-hydrogen) atoms. The topological polar surface area (TPSA) is 58.2 Å². The summed E-state index contributed by atoms with van der Waals surface area (Å²) < 4.78 is 9.54. The second-order valence-corrected chi connectivity index (χ2v) is 3.46. The molecule has 92 valence electrons. The van der Waals surface area contributed by atoms with Crippen molar-refractivity contribution in [3.8, 4) is 5.75 Å². The van der Waals surface area contributed by atoms with Crippen LogP contribution in [0.15, 0.2) is 24.5 Å². The summed E-state index contributed by atoms with van der Waals surface area (Å²) in [6, 6.07) is 6.14. The van der Waals surface area contributed by atoms with Crippen LogP contribution < -0.4 is 14.4 Å². The van der Waals surface area contributed by atoms with Gasteiger partial charge in [-0.1, -0.05) is 0 Å². The zero-order valence-electron chi connectivity index (χ0n) is 10.2. The molecule has 0 radical (unpaired) electrons. The molecular weight excluding hydrogens is 220 g/mol. The van der Waals surface area contributed by atoms with E-state index in [1.165, 1.54) is 11.0 Å². The number of carbonyl (C=O) groups is 1. The average molecular weight is 236 g/mol. The SMILES string of the molecule is CCn1c[n+](C)c2ccc(OC)cc21.O=C[O-]. The zero-order valence-corrected chi connectivity index (χ0v) is 10.2. The van der Waals surface area contributed by atoms with Gasteiger partial charge in [0.2, 0.25) is 6.33 Å². The summed E-state index contributed by atoms with van der Waals surface area (Å²) in [5.74, 6) is 0.908. The number of carbonyl (C=O) groups excluding carboxylic acids is 1. The number of methoxy groups -OCH3 is 1. The molecule has 0 amide bonds. The fourth-order valence-electron chi connectivity index (χ4n) is 1.74. The lowest BCUT2D eigenvalue weighted by Gasteiger charge is -1.97. The number of ether oxygens (including phenoxy) is 1. The van der Waals surface area contributed by atoms with Crippen molar-refractivity contribution in [2.24, 2.45) is 7.05 Å². The van der Waals surface area contributed by atoms with E-state index in [0.717, 1.165) is 12.3 Å². The quantitative estimate of drug-likeness (QED) is 0.538. The van der Waals surface area contributed by atoms with Gasteiger partial charge in [-0.3, -0.25) is 0 Å². The summed E-state index contributed by atoms with van der Waals surface area (Å²) in [7, 11) is 3.75. The maximum absolute atomic E-state index is 8.25. The third-order valence-electron chi connectivity index (χ3n) is 2.53. The van der Waals surface area contributed by atoms with Crippen LogP contribution in [0.5, 0.6) is 5.75 Å². The number of nitrogens with zero attached hydrogens (tertiary/aromatic N) is 2. The Hall–Kier alpha value is -2.04. The molecular formula is C12H16N2O3. The number of benzene rings is 1. The second kappa shape index (κ2) is 5.89. The molecule has 0 saturated heterocycles. The van der Waals surface area contributed by atoms with E-state index < -0.39 is 6.47 Å². The number of fused-ring (bicyclic) bond motifs is 1. The van der Waals surface area contributed by atoms with Crippen LogP contribution in [0.1, 0.15) is 6.92 Å². The molecule has 0 atom stereocenters. The summed E-state index contributed by atoms with van der Waals surface area (Å²) in [6.07, 6.45) is 2.10. The number of hydrogen-bond donors (Lipinski definition) is 0. The Labute approximate surface area is 99.9 Å². The Kier molecular flexibility index (Phi) is 4.51. The maximum atomic E-state index is 8.25. The van der Waals surface area contributed by atoms with E-state index in [-0.39, 0.29) is 0 Å². The van der Waals surface area contributed by atoms with Crippen molar-refractivity contribution < 1.29 is 19.2 Å². The molecule has 0 spiro atoms. The number of rotatable bonds is 2. The minimum Gasteiger partial charge on any atom is -0.554 e. The van der Waals surface area contributed by atoms with Crippen LogP contribution in [0.25, 0.3) is 11.0 Å². The average Bonchev–Trinajstić information content (AvgIpc) is 2.66. The molecule has 0 aliphatic carbocycles. The van der Waals surface area contributed by atoms with Crippen molar-refractivity contribution in [3.63, 3.8) is 0 Å². The zero-order chi connectivity index (χ0) is 12.8. The normalized spacial score (nSPS) is 9.59. The Morgan fingerprint density at radius 2 is 2.18 bits per heavy atom. The van der Waals surface area contributed by atoms with Gasteiger partial charge in [0.15, 0.2) is 11.0 Å². The van der Waals surface area contributed by atoms with E-state index in [1.807, 2.05) is 6.07 Å². The highest BCUT2D eigenvalue weighted by molar-refractivity contribution is 5.73. The first kappa shape index (κ1) is 13.0. The van der Waals surface area contributed by atoms with Crippen LogP contribution in [0.2, 0.25) is 0 Å². The largest absolute Gasteiger partial charge is 0.554 e. The monoisotopic (exact) mass is 236 g/mol. The summed E-state index contributed by atoms with van der Waals surface area (Å²) in [5, 5.41) is 8.25. The summed E-state index contributed by atoms with van der Waals surface area (Å²) in [6.45, 7) is 2.61. The number of imidazole rings is 1. The molecule has 1 heterocycles. The molecule has 0 N–H and O–H groups in total. The predicted molar refractivity (Wildman–Crippen MR) is 61.4 cm³/mol. The Morgan fingerprint density at radius 1 is 1.53 bits per heavy atom. The molecule has 0 bridgehead atoms. The molecule has 5 nitrogen and oxygen atoms in total. The van der Waals surface area contributed by atoms with Gasteiger partial charge in [0.05, 0.1) is 20.7 Å². The lowest BCUT2D eigenvalue weighted by molar-refractivity contribution is -0.645. The van der Waals surface area contributed by atoms with Crippen LogP contribution in [0, 0.1) is 0 Å². The Balaban J connectivity index is 0.000000437. The first-order chi connectivity index (χ1) is 8.17. The molecule has 2 rings (SSSR count). The van der Waals surface area contributed by atoms with E-state index in [9.17, 15) is 0 Å². The van der Waals surface area contributed by atoms with Crippen LogP contribution in [-0.2, 0) is 18.4 Å². The van der Waals surface area contributed by atoms with Crippen LogP contribution in [-0.4, -0.2) is 18.1 Å². The van der Waals surface area contributed by atoms with Gasteiger partial charge in [-0.05, 0) is 19.1 Å². The van der Waals surface area contributed by atoms with Crippen molar-refractivity contribution in [3.05, 3.63) is 24.5 Å². The highest BCUT2D eigenvalue weighted by atomic mass is 16.5. The van der Waals surface area contributed by atoms with Gasteiger partial charge in [0, 0.05) is 12.5 Å². The molecule has 1 aromatic heterocycles. The number of aromatic nitrogens is 2. The minimum atomic E-state index is -0.500. The molecule has 5 heteroatoms. The van der Waals surface area contributed by atoms with Crippen LogP contribution in [0.4, 0.5) is 0 Å². The Bertz CT molecular complexity index is 506. The highest BCUT2D eigenvalue weighted by Gasteiger charge is 2.11. The molecule has 2 aromatic rings. The first-order valence-electron chi connectivity index (χ1n) is 5.26. The van der Waals surface area contributed by atoms with Gasteiger partial charge in [-0.2, -0.15) is 0 Å². The molecule has 0 fully saturated rings. The van der Waals surface area contributed by atoms with Crippen molar-refractivity contribution in [2.45, 2.75) is 13.5 Å². The fraction of sp³-hybridized carbons (Fsp3) is 0.333. The summed E-state index contributed by atoms with van der Waals surface area (Å²) >= 11 is 0. The second-order valence-electron chi connectivity index (χ2n) is 3.46. The van der Waals surface area contributed by atoms with Gasteiger partial charge in [-0.15, -0.1) is 0 Å². The third-order valence-corrected chi connectivity index (χ3v) is 2.53. The third kappa shape index (κ3) is 2.75. The van der Waals surface area contributed by atoms with E-state index in [4.69, 9.17) is 14.6 Å². The predicted octanol–water partition coefficient (Wildman–Crippen LogP) is -0.140. The minimum absolute atomic E-state index is 0.500. The lowest BCUT2D eigenvalue weighted by atomic mass is 10.3. The van der Waals surface area contributed by atoms with Crippen molar-refractivity contribution in [1.82, 2.24) is 4.57 Å². The van der Waals surface area contributed by atoms with Crippen molar-refractivity contribution in [2.75, 3.05) is 7.11 Å². The van der Waals surface area contributed by atoms with Gasteiger partial charge in [-0.25, -0.2) is 9.13 Å². The standard InChI is InChI=1S/C11H15N2O.CH2O2/c1-4-13-8-12(2)10-6-5-9(14-3)7-11(10)13;2-1-3/h5-8H,4H2,1-3H3;1H,(H,2,3)/q+1;/p-1. The Morgan fingerprint density at radius 3 is 2.71 bits per heavy atom. The van der Waals surface area contributed by atoms with Crippen molar-refractivity contribution >= 4 is 17.5 Å². The number of hydrogen-bond acceptors (Lipinski definition) is 3. The van der Waals surface area contributed by atoms with Gasteiger partial charge in [0.1, 0.15) is 5.75 Å². The van der Waals surface area contributed by atoms with Gasteiger partial charge >= 0.3 is 0 Å². The lowest BCUT2D eigenvalue weighted by Crippen LogP contribution is -2.25. The maximum Gasteiger partial charge on any atom is 0.244 e. The number of carboxylic acid groups (broad SMARTS) is 1. The van der Waals surface area contributed by atoms with Gasteiger partial charge < -0.3 is 14.6 Å². The van der Waals surface area contributed by atoms with Gasteiger partial charge in [0.25, 0.3) is 0 Å². The summed E-state index contributed by atoms with van der Waals surface area (Å²) in [5.41, 5.74) is 2.45. The van der Waals surface area contributed by atoms with Crippen LogP contribution in [0.3, 0.4) is 0 Å². The van der Waals surface area contributed by atoms with E-state index >= 15 is 0 Å². The molecule has 0 aliphatic heterocycles. The number of aryl methyl sites for hydroxylation is 2. The molecule has 0 saturated carbocycles. The molecule has 1 aromatic carbocycles. The highest BCUT2D eigenvalue weighted by Crippen LogP contribution is 2.18. The fourth-order valence-corrected chi connectivity index (χ4v) is 1.74. The van der Waals surface area contributed by atoms with Crippen LogP contribution >= 0.6 is 0 Å². The first-order valence-corrected chi connectivity index (χ1v) is 5.26. The van der Waals surface area contributed by atoms with E-state index in [2.05, 4.69) is 41.6 Å². The summed E-state index contributed by atoms with van der Waals surface area (Å²) in [4.78, 5) is 8.25. The smallest absolute Gasteiger partial charge is 0.244 e. The molecule has 0 aliphatic rings. The van der Waals surface area contributed by atoms with Crippen molar-refractivity contribution in [1.29, 1.82) is 0 Å². The van der Waals surface area contributed by atoms with E-state index in [1.54, 1.807) is 7.11 Å². The molecule has 0 unspecified atom stereocenters.